The van der Waals surface area contributed by atoms with E-state index < -0.39 is 10.0 Å². The molecule has 4 rings (SSSR count). The summed E-state index contributed by atoms with van der Waals surface area (Å²) in [5, 5.41) is 12.9. The first-order chi connectivity index (χ1) is 15.2. The summed E-state index contributed by atoms with van der Waals surface area (Å²) in [5.41, 5.74) is 10.3. The van der Waals surface area contributed by atoms with E-state index >= 15 is 0 Å². The van der Waals surface area contributed by atoms with Gasteiger partial charge in [-0.25, -0.2) is 13.6 Å². The second kappa shape index (κ2) is 8.57. The van der Waals surface area contributed by atoms with Gasteiger partial charge in [0.15, 0.2) is 0 Å². The maximum atomic E-state index is 12.9. The Morgan fingerprint density at radius 2 is 1.81 bits per heavy atom. The van der Waals surface area contributed by atoms with Crippen LogP contribution in [0, 0.1) is 5.41 Å². The zero-order valence-electron chi connectivity index (χ0n) is 17.4. The van der Waals surface area contributed by atoms with Crippen LogP contribution in [0.4, 0.5) is 5.69 Å². The quantitative estimate of drug-likeness (QED) is 0.395. The minimum Gasteiger partial charge on any atom is -0.384 e. The number of primary sulfonamides is 1. The molecule has 164 valence electrons. The number of nitrogens with two attached hydrogens (primary N) is 2. The van der Waals surface area contributed by atoms with E-state index in [0.717, 1.165) is 22.4 Å². The Morgan fingerprint density at radius 3 is 2.56 bits per heavy atom. The molecule has 0 aliphatic carbocycles. The van der Waals surface area contributed by atoms with Crippen LogP contribution in [0.3, 0.4) is 0 Å². The fourth-order valence-corrected chi connectivity index (χ4v) is 4.82. The number of hydrogen-bond acceptors (Lipinski definition) is 4. The van der Waals surface area contributed by atoms with Crippen LogP contribution >= 0.6 is 0 Å². The summed E-state index contributed by atoms with van der Waals surface area (Å²) in [5.74, 6) is 0.0288. The summed E-state index contributed by atoms with van der Waals surface area (Å²) in [6.45, 7) is 0.585. The van der Waals surface area contributed by atoms with Gasteiger partial charge in [0.1, 0.15) is 5.84 Å². The average molecular weight is 449 g/mol. The van der Waals surface area contributed by atoms with E-state index in [4.69, 9.17) is 16.3 Å². The lowest BCUT2D eigenvalue weighted by atomic mass is 10.0. The third kappa shape index (κ3) is 4.42. The number of nitrogens with one attached hydrogen (secondary N) is 1. The van der Waals surface area contributed by atoms with E-state index in [1.807, 2.05) is 36.4 Å². The van der Waals surface area contributed by atoms with Gasteiger partial charge in [-0.3, -0.25) is 10.2 Å². The molecule has 1 aliphatic heterocycles. The Kier molecular flexibility index (Phi) is 5.82. The number of sulfonamides is 1. The Balaban J connectivity index is 1.53. The topological polar surface area (TPSA) is 130 Å². The molecule has 5 N–H and O–H groups in total. The van der Waals surface area contributed by atoms with Crippen molar-refractivity contribution in [1.29, 1.82) is 5.41 Å². The number of amidine groups is 1. The van der Waals surface area contributed by atoms with Crippen LogP contribution in [-0.4, -0.2) is 26.7 Å². The first-order valence-corrected chi connectivity index (χ1v) is 11.8. The molecule has 0 spiro atoms. The first-order valence-electron chi connectivity index (χ1n) is 10.2. The van der Waals surface area contributed by atoms with E-state index in [1.54, 1.807) is 29.2 Å². The van der Waals surface area contributed by atoms with E-state index in [-0.39, 0.29) is 16.6 Å². The summed E-state index contributed by atoms with van der Waals surface area (Å²) in [4.78, 5) is 14.8. The van der Waals surface area contributed by atoms with Crippen LogP contribution in [0.1, 0.15) is 23.1 Å². The number of amides is 1. The van der Waals surface area contributed by atoms with Crippen molar-refractivity contribution < 1.29 is 13.2 Å². The molecular weight excluding hydrogens is 424 g/mol. The number of benzene rings is 3. The van der Waals surface area contributed by atoms with Crippen LogP contribution in [-0.2, 0) is 27.7 Å². The maximum Gasteiger partial charge on any atom is 0.238 e. The second-order valence-electron chi connectivity index (χ2n) is 7.79. The molecule has 32 heavy (non-hydrogen) atoms. The molecule has 0 fully saturated rings. The van der Waals surface area contributed by atoms with Crippen molar-refractivity contribution in [1.82, 2.24) is 0 Å². The third-order valence-corrected chi connectivity index (χ3v) is 6.62. The van der Waals surface area contributed by atoms with Gasteiger partial charge in [-0.15, -0.1) is 0 Å². The standard InChI is InChI=1S/C24H24N4O3S/c25-24(26)19-5-3-4-16(14-19)8-11-23(29)28-13-12-18-15-17(9-10-21(18)28)20-6-1-2-7-22(20)32(27,30)31/h1-7,9-10,14-15H,8,11-13H2,(H3,25,26)(H2,27,30,31). The molecule has 1 amide bonds. The largest absolute Gasteiger partial charge is 0.384 e. The van der Waals surface area contributed by atoms with Gasteiger partial charge < -0.3 is 10.6 Å². The van der Waals surface area contributed by atoms with Crippen LogP contribution in [0.5, 0.6) is 0 Å². The van der Waals surface area contributed by atoms with Gasteiger partial charge in [-0.1, -0.05) is 42.5 Å². The van der Waals surface area contributed by atoms with Crippen molar-refractivity contribution in [2.24, 2.45) is 10.9 Å². The van der Waals surface area contributed by atoms with Crippen molar-refractivity contribution in [3.63, 3.8) is 0 Å². The lowest BCUT2D eigenvalue weighted by molar-refractivity contribution is -0.118. The maximum absolute atomic E-state index is 12.9. The molecule has 0 saturated heterocycles. The van der Waals surface area contributed by atoms with Gasteiger partial charge in [0, 0.05) is 29.8 Å². The summed E-state index contributed by atoms with van der Waals surface area (Å²) >= 11 is 0. The van der Waals surface area contributed by atoms with Crippen LogP contribution in [0.25, 0.3) is 11.1 Å². The minimum absolute atomic E-state index is 0.00598. The van der Waals surface area contributed by atoms with Gasteiger partial charge in [-0.2, -0.15) is 0 Å². The highest BCUT2D eigenvalue weighted by Crippen LogP contribution is 2.34. The Bertz CT molecular complexity index is 1320. The molecule has 0 radical (unpaired) electrons. The highest BCUT2D eigenvalue weighted by Gasteiger charge is 2.25. The molecule has 7 nitrogen and oxygen atoms in total. The summed E-state index contributed by atoms with van der Waals surface area (Å²) in [6.07, 6.45) is 1.61. The summed E-state index contributed by atoms with van der Waals surface area (Å²) in [7, 11) is -3.85. The molecule has 8 heteroatoms. The molecule has 3 aromatic rings. The van der Waals surface area contributed by atoms with E-state index in [1.165, 1.54) is 6.07 Å². The normalized spacial score (nSPS) is 13.1. The van der Waals surface area contributed by atoms with E-state index in [0.29, 0.717) is 36.9 Å². The third-order valence-electron chi connectivity index (χ3n) is 5.65. The molecule has 0 aromatic heterocycles. The number of fused-ring (bicyclic) bond motifs is 1. The summed E-state index contributed by atoms with van der Waals surface area (Å²) in [6, 6.07) is 19.6. The van der Waals surface area contributed by atoms with Gasteiger partial charge in [0.25, 0.3) is 0 Å². The number of anilines is 1. The zero-order valence-corrected chi connectivity index (χ0v) is 18.2. The van der Waals surface area contributed by atoms with Crippen molar-refractivity contribution in [2.75, 3.05) is 11.4 Å². The molecule has 0 unspecified atom stereocenters. The average Bonchev–Trinajstić information content (AvgIpc) is 3.20. The molecular formula is C24H24N4O3S. The van der Waals surface area contributed by atoms with Crippen LogP contribution < -0.4 is 15.8 Å². The fourth-order valence-electron chi connectivity index (χ4n) is 4.06. The SMILES string of the molecule is N=C(N)c1cccc(CCC(=O)N2CCc3cc(-c4ccccc4S(N)(=O)=O)ccc32)c1. The minimum atomic E-state index is -3.85. The molecule has 1 heterocycles. The predicted octanol–water partition coefficient (Wildman–Crippen LogP) is 2.81. The molecule has 1 aliphatic rings. The van der Waals surface area contributed by atoms with Crippen molar-refractivity contribution >= 4 is 27.5 Å². The van der Waals surface area contributed by atoms with Crippen molar-refractivity contribution in [2.45, 2.75) is 24.2 Å². The Labute approximate surface area is 187 Å². The highest BCUT2D eigenvalue weighted by molar-refractivity contribution is 7.89. The lowest BCUT2D eigenvalue weighted by Crippen LogP contribution is -2.29. The van der Waals surface area contributed by atoms with Crippen LogP contribution in [0.15, 0.2) is 71.6 Å². The number of nitrogen functional groups attached to an aromatic ring is 1. The lowest BCUT2D eigenvalue weighted by Gasteiger charge is -2.18. The number of carbonyl (C=O) groups is 1. The zero-order chi connectivity index (χ0) is 22.9. The monoisotopic (exact) mass is 448 g/mol. The smallest absolute Gasteiger partial charge is 0.238 e. The number of hydrogen-bond donors (Lipinski definition) is 3. The Morgan fingerprint density at radius 1 is 1.03 bits per heavy atom. The Hall–Kier alpha value is -3.49. The first kappa shape index (κ1) is 21.7. The molecule has 3 aromatic carbocycles. The van der Waals surface area contributed by atoms with Gasteiger partial charge >= 0.3 is 0 Å². The summed E-state index contributed by atoms with van der Waals surface area (Å²) < 4.78 is 23.9. The number of rotatable bonds is 6. The van der Waals surface area contributed by atoms with Gasteiger partial charge in [0.05, 0.1) is 4.90 Å². The number of aryl methyl sites for hydroxylation is 1. The molecule has 0 saturated carbocycles. The molecule has 0 atom stereocenters. The van der Waals surface area contributed by atoms with Crippen LogP contribution in [0.2, 0.25) is 0 Å². The predicted molar refractivity (Wildman–Crippen MR) is 125 cm³/mol. The van der Waals surface area contributed by atoms with E-state index in [2.05, 4.69) is 0 Å². The van der Waals surface area contributed by atoms with Crippen molar-refractivity contribution in [3.05, 3.63) is 83.4 Å². The second-order valence-corrected chi connectivity index (χ2v) is 9.32. The number of nitrogens with zero attached hydrogens (tertiary/aromatic N) is 1. The van der Waals surface area contributed by atoms with Crippen molar-refractivity contribution in [3.8, 4) is 11.1 Å². The fraction of sp³-hybridized carbons (Fsp3) is 0.167. The highest BCUT2D eigenvalue weighted by atomic mass is 32.2. The van der Waals surface area contributed by atoms with Gasteiger partial charge in [-0.05, 0) is 53.8 Å². The number of carbonyl (C=O) groups excluding carboxylic acids is 1. The van der Waals surface area contributed by atoms with Gasteiger partial charge in [0.2, 0.25) is 15.9 Å². The van der Waals surface area contributed by atoms with E-state index in [9.17, 15) is 13.2 Å². The molecule has 0 bridgehead atoms.